The van der Waals surface area contributed by atoms with E-state index in [0.29, 0.717) is 12.0 Å². The van der Waals surface area contributed by atoms with Crippen LogP contribution in [-0.2, 0) is 19.5 Å². The van der Waals surface area contributed by atoms with Gasteiger partial charge in [-0.3, -0.25) is 0 Å². The maximum atomic E-state index is 6.10. The van der Waals surface area contributed by atoms with Gasteiger partial charge in [-0.05, 0) is 62.3 Å². The number of aromatic nitrogens is 3. The summed E-state index contributed by atoms with van der Waals surface area (Å²) in [6.07, 6.45) is 9.53. The van der Waals surface area contributed by atoms with Gasteiger partial charge in [0.1, 0.15) is 17.9 Å². The standard InChI is InChI=1S/C19H26N4O/c1-2-6-17(5-1)24-18-7-3-4-15(10-18)11-20-12-16-8-9-19-22-21-14-23(19)13-16/h3-4,7,10,14,16-17,20H,1-2,5-6,8-9,11-13H2. The molecule has 1 atom stereocenters. The zero-order valence-corrected chi connectivity index (χ0v) is 14.2. The van der Waals surface area contributed by atoms with Gasteiger partial charge in [0.05, 0.1) is 6.10 Å². The fourth-order valence-corrected chi connectivity index (χ4v) is 3.84. The maximum Gasteiger partial charge on any atom is 0.132 e. The molecule has 1 aliphatic heterocycles. The summed E-state index contributed by atoms with van der Waals surface area (Å²) < 4.78 is 8.28. The van der Waals surface area contributed by atoms with Crippen molar-refractivity contribution in [1.29, 1.82) is 0 Å². The second kappa shape index (κ2) is 7.34. The summed E-state index contributed by atoms with van der Waals surface area (Å²) in [4.78, 5) is 0. The third-order valence-corrected chi connectivity index (χ3v) is 5.19. The first kappa shape index (κ1) is 15.6. The predicted octanol–water partition coefficient (Wildman–Crippen LogP) is 2.95. The van der Waals surface area contributed by atoms with Crippen LogP contribution in [0.5, 0.6) is 5.75 Å². The van der Waals surface area contributed by atoms with Gasteiger partial charge in [-0.1, -0.05) is 12.1 Å². The summed E-state index contributed by atoms with van der Waals surface area (Å²) in [5.74, 6) is 2.81. The Balaban J connectivity index is 1.25. The van der Waals surface area contributed by atoms with Gasteiger partial charge in [0.2, 0.25) is 0 Å². The summed E-state index contributed by atoms with van der Waals surface area (Å²) in [5, 5.41) is 11.8. The van der Waals surface area contributed by atoms with Crippen LogP contribution in [-0.4, -0.2) is 27.4 Å². The largest absolute Gasteiger partial charge is 0.490 e. The minimum absolute atomic E-state index is 0.424. The highest BCUT2D eigenvalue weighted by Gasteiger charge is 2.19. The number of hydrogen-bond acceptors (Lipinski definition) is 4. The van der Waals surface area contributed by atoms with Crippen molar-refractivity contribution < 1.29 is 4.74 Å². The highest BCUT2D eigenvalue weighted by Crippen LogP contribution is 2.24. The zero-order valence-electron chi connectivity index (χ0n) is 14.2. The third-order valence-electron chi connectivity index (χ3n) is 5.19. The van der Waals surface area contributed by atoms with E-state index >= 15 is 0 Å². The Morgan fingerprint density at radius 2 is 2.12 bits per heavy atom. The highest BCUT2D eigenvalue weighted by molar-refractivity contribution is 5.28. The molecule has 2 aromatic rings. The van der Waals surface area contributed by atoms with Gasteiger partial charge >= 0.3 is 0 Å². The lowest BCUT2D eigenvalue weighted by Crippen LogP contribution is -2.29. The Morgan fingerprint density at radius 3 is 3.04 bits per heavy atom. The molecule has 0 bridgehead atoms. The van der Waals surface area contributed by atoms with E-state index in [9.17, 15) is 0 Å². The van der Waals surface area contributed by atoms with Gasteiger partial charge in [0.25, 0.3) is 0 Å². The lowest BCUT2D eigenvalue weighted by atomic mass is 9.99. The lowest BCUT2D eigenvalue weighted by molar-refractivity contribution is 0.210. The number of hydrogen-bond donors (Lipinski definition) is 1. The average molecular weight is 326 g/mol. The van der Waals surface area contributed by atoms with Crippen molar-refractivity contribution in [2.75, 3.05) is 6.54 Å². The van der Waals surface area contributed by atoms with Gasteiger partial charge in [0, 0.05) is 19.5 Å². The van der Waals surface area contributed by atoms with Gasteiger partial charge in [0.15, 0.2) is 0 Å². The maximum absolute atomic E-state index is 6.10. The molecule has 1 N–H and O–H groups in total. The molecule has 24 heavy (non-hydrogen) atoms. The van der Waals surface area contributed by atoms with Crippen LogP contribution in [0.25, 0.3) is 0 Å². The van der Waals surface area contributed by atoms with Crippen molar-refractivity contribution in [3.63, 3.8) is 0 Å². The van der Waals surface area contributed by atoms with Crippen LogP contribution in [0.3, 0.4) is 0 Å². The highest BCUT2D eigenvalue weighted by atomic mass is 16.5. The van der Waals surface area contributed by atoms with Crippen LogP contribution >= 0.6 is 0 Å². The molecule has 2 heterocycles. The van der Waals surface area contributed by atoms with Crippen LogP contribution in [0.15, 0.2) is 30.6 Å². The lowest BCUT2D eigenvalue weighted by Gasteiger charge is -2.23. The second-order valence-corrected chi connectivity index (χ2v) is 7.11. The topological polar surface area (TPSA) is 52.0 Å². The summed E-state index contributed by atoms with van der Waals surface area (Å²) in [6.45, 7) is 2.96. The Bertz CT molecular complexity index is 663. The SMILES string of the molecule is c1cc(CNCC2CCc3nncn3C2)cc(OC2CCCC2)c1. The van der Waals surface area contributed by atoms with E-state index in [1.54, 1.807) is 0 Å². The van der Waals surface area contributed by atoms with E-state index in [1.165, 1.54) is 37.7 Å². The second-order valence-electron chi connectivity index (χ2n) is 7.11. The van der Waals surface area contributed by atoms with Gasteiger partial charge in [-0.2, -0.15) is 0 Å². The van der Waals surface area contributed by atoms with Crippen molar-refractivity contribution in [3.05, 3.63) is 42.0 Å². The normalized spacial score (nSPS) is 20.9. The van der Waals surface area contributed by atoms with Crippen molar-refractivity contribution in [1.82, 2.24) is 20.1 Å². The Labute approximate surface area is 143 Å². The number of nitrogens with one attached hydrogen (secondary N) is 1. The summed E-state index contributed by atoms with van der Waals surface area (Å²) in [5.41, 5.74) is 1.30. The van der Waals surface area contributed by atoms with E-state index in [-0.39, 0.29) is 0 Å². The number of rotatable bonds is 6. The molecule has 1 aliphatic carbocycles. The number of nitrogens with zero attached hydrogens (tertiary/aromatic N) is 3. The Kier molecular flexibility index (Phi) is 4.78. The molecule has 4 rings (SSSR count). The quantitative estimate of drug-likeness (QED) is 0.887. The van der Waals surface area contributed by atoms with E-state index < -0.39 is 0 Å². The molecule has 1 unspecified atom stereocenters. The number of fused-ring (bicyclic) bond motifs is 1. The summed E-state index contributed by atoms with van der Waals surface area (Å²) >= 11 is 0. The molecule has 128 valence electrons. The molecule has 0 amide bonds. The smallest absolute Gasteiger partial charge is 0.132 e. The van der Waals surface area contributed by atoms with Crippen molar-refractivity contribution in [2.45, 2.75) is 57.7 Å². The predicted molar refractivity (Wildman–Crippen MR) is 92.9 cm³/mol. The monoisotopic (exact) mass is 326 g/mol. The first-order valence-corrected chi connectivity index (χ1v) is 9.20. The number of aryl methyl sites for hydroxylation is 1. The van der Waals surface area contributed by atoms with Crippen LogP contribution < -0.4 is 10.1 Å². The fourth-order valence-electron chi connectivity index (χ4n) is 3.84. The first-order chi connectivity index (χ1) is 11.9. The molecule has 0 saturated heterocycles. The molecule has 0 radical (unpaired) electrons. The summed E-state index contributed by atoms with van der Waals surface area (Å²) in [6, 6.07) is 8.54. The molecule has 5 nitrogen and oxygen atoms in total. The van der Waals surface area contributed by atoms with Gasteiger partial charge in [-0.15, -0.1) is 10.2 Å². The minimum atomic E-state index is 0.424. The van der Waals surface area contributed by atoms with E-state index in [0.717, 1.165) is 37.6 Å². The van der Waals surface area contributed by atoms with Crippen molar-refractivity contribution in [2.24, 2.45) is 5.92 Å². The third kappa shape index (κ3) is 3.78. The molecule has 5 heteroatoms. The van der Waals surface area contributed by atoms with Gasteiger partial charge < -0.3 is 14.6 Å². The molecular weight excluding hydrogens is 300 g/mol. The summed E-state index contributed by atoms with van der Waals surface area (Å²) in [7, 11) is 0. The average Bonchev–Trinajstić information content (AvgIpc) is 3.26. The molecule has 2 aliphatic rings. The molecule has 1 aromatic carbocycles. The first-order valence-electron chi connectivity index (χ1n) is 9.20. The van der Waals surface area contributed by atoms with Crippen LogP contribution in [0, 0.1) is 5.92 Å². The van der Waals surface area contributed by atoms with Crippen LogP contribution in [0.2, 0.25) is 0 Å². The van der Waals surface area contributed by atoms with Gasteiger partial charge in [-0.25, -0.2) is 0 Å². The molecule has 1 fully saturated rings. The zero-order chi connectivity index (χ0) is 16.2. The molecule has 1 saturated carbocycles. The van der Waals surface area contributed by atoms with E-state index in [1.807, 2.05) is 6.33 Å². The van der Waals surface area contributed by atoms with E-state index in [4.69, 9.17) is 4.74 Å². The number of ether oxygens (including phenoxy) is 1. The van der Waals surface area contributed by atoms with Crippen molar-refractivity contribution >= 4 is 0 Å². The van der Waals surface area contributed by atoms with E-state index in [2.05, 4.69) is 44.3 Å². The minimum Gasteiger partial charge on any atom is -0.490 e. The molecule has 1 aromatic heterocycles. The van der Waals surface area contributed by atoms with Crippen LogP contribution in [0.4, 0.5) is 0 Å². The Morgan fingerprint density at radius 1 is 1.21 bits per heavy atom. The molecular formula is C19H26N4O. The number of benzene rings is 1. The Hall–Kier alpha value is -1.88. The van der Waals surface area contributed by atoms with Crippen LogP contribution in [0.1, 0.15) is 43.5 Å². The fraction of sp³-hybridized carbons (Fsp3) is 0.579. The van der Waals surface area contributed by atoms with Crippen molar-refractivity contribution in [3.8, 4) is 5.75 Å². The molecule has 0 spiro atoms.